The van der Waals surface area contributed by atoms with Crippen LogP contribution in [-0.2, 0) is 14.8 Å². The minimum Gasteiger partial charge on any atom is -0.497 e. The molecule has 2 aromatic carbocycles. The number of halogens is 1. The maximum atomic E-state index is 13.2. The van der Waals surface area contributed by atoms with E-state index in [1.54, 1.807) is 31.2 Å². The minimum atomic E-state index is -3.80. The molecule has 1 atom stereocenters. The average molecular weight is 500 g/mol. The van der Waals surface area contributed by atoms with Gasteiger partial charge in [0.25, 0.3) is 0 Å². The summed E-state index contributed by atoms with van der Waals surface area (Å²) in [6.07, 6.45) is 1.14. The summed E-state index contributed by atoms with van der Waals surface area (Å²) in [6.45, 7) is 2.06. The van der Waals surface area contributed by atoms with Gasteiger partial charge in [-0.1, -0.05) is 6.07 Å². The fraction of sp³-hybridized carbons (Fsp3) is 0.316. The van der Waals surface area contributed by atoms with Crippen LogP contribution in [0.4, 0.5) is 5.69 Å². The molecule has 3 rings (SSSR count). The van der Waals surface area contributed by atoms with Crippen molar-refractivity contribution in [1.82, 2.24) is 4.31 Å². The summed E-state index contributed by atoms with van der Waals surface area (Å²) in [5.41, 5.74) is 1.28. The number of rotatable bonds is 5. The van der Waals surface area contributed by atoms with Crippen LogP contribution in [0.5, 0.6) is 5.75 Å². The molecule has 1 aliphatic heterocycles. The molecule has 144 valence electrons. The summed E-state index contributed by atoms with van der Waals surface area (Å²) in [4.78, 5) is 12.9. The maximum Gasteiger partial charge on any atom is 0.244 e. The van der Waals surface area contributed by atoms with Gasteiger partial charge >= 0.3 is 0 Å². The summed E-state index contributed by atoms with van der Waals surface area (Å²) < 4.78 is 34.0. The third-order valence-corrected chi connectivity index (χ3v) is 7.37. The van der Waals surface area contributed by atoms with Crippen LogP contribution in [0.3, 0.4) is 0 Å². The van der Waals surface area contributed by atoms with Crippen molar-refractivity contribution in [2.75, 3.05) is 19.0 Å². The largest absolute Gasteiger partial charge is 0.497 e. The molecule has 27 heavy (non-hydrogen) atoms. The molecule has 1 aliphatic rings. The van der Waals surface area contributed by atoms with E-state index >= 15 is 0 Å². The summed E-state index contributed by atoms with van der Waals surface area (Å²) >= 11 is 2.19. The second-order valence-corrected chi connectivity index (χ2v) is 9.51. The zero-order valence-electron chi connectivity index (χ0n) is 15.1. The lowest BCUT2D eigenvalue weighted by atomic mass is 10.2. The lowest BCUT2D eigenvalue weighted by molar-refractivity contribution is -0.119. The van der Waals surface area contributed by atoms with E-state index in [-0.39, 0.29) is 10.8 Å². The number of benzene rings is 2. The Kier molecular flexibility index (Phi) is 6.07. The second-order valence-electron chi connectivity index (χ2n) is 6.40. The van der Waals surface area contributed by atoms with Crippen molar-refractivity contribution in [2.45, 2.75) is 30.7 Å². The fourth-order valence-corrected chi connectivity index (χ4v) is 5.42. The highest BCUT2D eigenvalue weighted by molar-refractivity contribution is 14.1. The van der Waals surface area contributed by atoms with Gasteiger partial charge in [-0.3, -0.25) is 4.79 Å². The molecule has 1 amide bonds. The van der Waals surface area contributed by atoms with Crippen molar-refractivity contribution in [3.05, 3.63) is 51.6 Å². The predicted molar refractivity (Wildman–Crippen MR) is 112 cm³/mol. The fourth-order valence-electron chi connectivity index (χ4n) is 3.16. The van der Waals surface area contributed by atoms with Gasteiger partial charge < -0.3 is 10.1 Å². The van der Waals surface area contributed by atoms with Crippen molar-refractivity contribution < 1.29 is 17.9 Å². The van der Waals surface area contributed by atoms with Crippen molar-refractivity contribution in [2.24, 2.45) is 0 Å². The number of nitrogens with zero attached hydrogens (tertiary/aromatic N) is 1. The third-order valence-electron chi connectivity index (χ3n) is 4.60. The Bertz CT molecular complexity index is 945. The van der Waals surface area contributed by atoms with Crippen LogP contribution >= 0.6 is 22.6 Å². The van der Waals surface area contributed by atoms with Crippen molar-refractivity contribution >= 4 is 44.2 Å². The monoisotopic (exact) mass is 500 g/mol. The van der Waals surface area contributed by atoms with E-state index in [9.17, 15) is 13.2 Å². The number of hydrogen-bond acceptors (Lipinski definition) is 4. The van der Waals surface area contributed by atoms with Crippen LogP contribution in [0.15, 0.2) is 47.4 Å². The van der Waals surface area contributed by atoms with Crippen molar-refractivity contribution in [3.8, 4) is 5.75 Å². The molecular weight excluding hydrogens is 479 g/mol. The lowest BCUT2D eigenvalue weighted by Crippen LogP contribution is -2.43. The Hall–Kier alpha value is -1.65. The zero-order valence-corrected chi connectivity index (χ0v) is 18.1. The van der Waals surface area contributed by atoms with E-state index in [2.05, 4.69) is 27.9 Å². The maximum absolute atomic E-state index is 13.2. The molecule has 8 heteroatoms. The molecule has 0 aromatic heterocycles. The topological polar surface area (TPSA) is 75.7 Å². The number of aryl methyl sites for hydroxylation is 1. The summed E-state index contributed by atoms with van der Waals surface area (Å²) in [6, 6.07) is 11.6. The van der Waals surface area contributed by atoms with Gasteiger partial charge in [0, 0.05) is 21.9 Å². The number of nitrogens with one attached hydrogen (secondary N) is 1. The molecular formula is C19H21IN2O4S. The SMILES string of the molecule is COc1ccc(C)c(S(=O)(=O)N2CCC[C@@H]2C(=O)Nc2ccc(I)cc2)c1. The second kappa shape index (κ2) is 8.15. The first-order chi connectivity index (χ1) is 12.8. The van der Waals surface area contributed by atoms with Crippen LogP contribution in [0.2, 0.25) is 0 Å². The van der Waals surface area contributed by atoms with E-state index < -0.39 is 16.1 Å². The molecule has 1 heterocycles. The quantitative estimate of drug-likeness (QED) is 0.639. The minimum absolute atomic E-state index is 0.177. The first-order valence-electron chi connectivity index (χ1n) is 8.56. The van der Waals surface area contributed by atoms with Gasteiger partial charge in [-0.05, 0) is 78.3 Å². The molecule has 0 unspecified atom stereocenters. The molecule has 0 aliphatic carbocycles. The number of anilines is 1. The smallest absolute Gasteiger partial charge is 0.244 e. The van der Waals surface area contributed by atoms with Gasteiger partial charge in [0.05, 0.1) is 12.0 Å². The molecule has 6 nitrogen and oxygen atoms in total. The van der Waals surface area contributed by atoms with Gasteiger partial charge in [0.2, 0.25) is 15.9 Å². The molecule has 1 N–H and O–H groups in total. The molecule has 1 saturated heterocycles. The van der Waals surface area contributed by atoms with E-state index in [0.717, 1.165) is 3.57 Å². The Morgan fingerprint density at radius 2 is 1.93 bits per heavy atom. The standard InChI is InChI=1S/C19H21IN2O4S/c1-13-5-10-16(26-2)12-18(13)27(24,25)22-11-3-4-17(22)19(23)21-15-8-6-14(20)7-9-15/h5-10,12,17H,3-4,11H2,1-2H3,(H,21,23)/t17-/m1/s1. The van der Waals surface area contributed by atoms with Crippen LogP contribution < -0.4 is 10.1 Å². The highest BCUT2D eigenvalue weighted by Crippen LogP contribution is 2.30. The van der Waals surface area contributed by atoms with Crippen LogP contribution in [-0.4, -0.2) is 38.3 Å². The Morgan fingerprint density at radius 1 is 1.22 bits per heavy atom. The summed E-state index contributed by atoms with van der Waals surface area (Å²) in [7, 11) is -2.31. The highest BCUT2D eigenvalue weighted by atomic mass is 127. The number of hydrogen-bond donors (Lipinski definition) is 1. The number of carbonyl (C=O) groups is 1. The highest BCUT2D eigenvalue weighted by Gasteiger charge is 2.40. The number of sulfonamides is 1. The summed E-state index contributed by atoms with van der Waals surface area (Å²) in [5.74, 6) is 0.163. The Balaban J connectivity index is 1.86. The van der Waals surface area contributed by atoms with Crippen molar-refractivity contribution in [1.29, 1.82) is 0 Å². The normalized spacial score (nSPS) is 17.7. The molecule has 2 aromatic rings. The van der Waals surface area contributed by atoms with Gasteiger partial charge in [0.1, 0.15) is 11.8 Å². The van der Waals surface area contributed by atoms with Gasteiger partial charge in [-0.2, -0.15) is 4.31 Å². The third kappa shape index (κ3) is 4.27. The van der Waals surface area contributed by atoms with Crippen molar-refractivity contribution in [3.63, 3.8) is 0 Å². The Morgan fingerprint density at radius 3 is 2.59 bits per heavy atom. The molecule has 0 saturated carbocycles. The van der Waals surface area contributed by atoms with Crippen LogP contribution in [0, 0.1) is 10.5 Å². The molecule has 0 bridgehead atoms. The Labute approximate surface area is 173 Å². The van der Waals surface area contributed by atoms with Gasteiger partial charge in [0.15, 0.2) is 0 Å². The molecule has 0 spiro atoms. The number of ether oxygens (including phenoxy) is 1. The van der Waals surface area contributed by atoms with E-state index in [1.165, 1.54) is 17.5 Å². The first kappa shape index (κ1) is 20.1. The molecule has 1 fully saturated rings. The zero-order chi connectivity index (χ0) is 19.6. The molecule has 0 radical (unpaired) electrons. The van der Waals surface area contributed by atoms with E-state index in [1.807, 2.05) is 12.1 Å². The van der Waals surface area contributed by atoms with E-state index in [0.29, 0.717) is 36.4 Å². The van der Waals surface area contributed by atoms with Gasteiger partial charge in [-0.25, -0.2) is 8.42 Å². The van der Waals surface area contributed by atoms with Crippen LogP contribution in [0.1, 0.15) is 18.4 Å². The first-order valence-corrected chi connectivity index (χ1v) is 11.1. The lowest BCUT2D eigenvalue weighted by Gasteiger charge is -2.24. The summed E-state index contributed by atoms with van der Waals surface area (Å²) in [5, 5.41) is 2.83. The van der Waals surface area contributed by atoms with Gasteiger partial charge in [-0.15, -0.1) is 0 Å². The number of methoxy groups -OCH3 is 1. The number of amides is 1. The van der Waals surface area contributed by atoms with Crippen LogP contribution in [0.25, 0.3) is 0 Å². The number of carbonyl (C=O) groups excluding carboxylic acids is 1. The average Bonchev–Trinajstić information content (AvgIpc) is 3.15. The predicted octanol–water partition coefficient (Wildman–Crippen LogP) is 3.40. The van der Waals surface area contributed by atoms with E-state index in [4.69, 9.17) is 4.74 Å².